The van der Waals surface area contributed by atoms with E-state index in [0.29, 0.717) is 24.0 Å². The zero-order chi connectivity index (χ0) is 15.8. The smallest absolute Gasteiger partial charge is 0.143 e. The van der Waals surface area contributed by atoms with Crippen LogP contribution in [0.1, 0.15) is 11.1 Å². The topological polar surface area (TPSA) is 49.8 Å². The van der Waals surface area contributed by atoms with Crippen LogP contribution in [-0.4, -0.2) is 22.4 Å². The van der Waals surface area contributed by atoms with Gasteiger partial charge >= 0.3 is 0 Å². The van der Waals surface area contributed by atoms with Crippen molar-refractivity contribution in [1.82, 2.24) is 9.88 Å². The van der Waals surface area contributed by atoms with E-state index in [2.05, 4.69) is 31.2 Å². The molecule has 4 rings (SSSR count). The van der Waals surface area contributed by atoms with Crippen LogP contribution in [0.15, 0.2) is 52.5 Å². The molecule has 5 nitrogen and oxygen atoms in total. The second kappa shape index (κ2) is 5.86. The van der Waals surface area contributed by atoms with Crippen molar-refractivity contribution in [2.75, 3.05) is 12.0 Å². The number of nitrogens with zero attached hydrogens (tertiary/aromatic N) is 3. The zero-order valence-corrected chi connectivity index (χ0v) is 14.3. The minimum absolute atomic E-state index is 0.468. The minimum atomic E-state index is 0.468. The van der Waals surface area contributed by atoms with Crippen molar-refractivity contribution in [3.63, 3.8) is 0 Å². The van der Waals surface area contributed by atoms with Gasteiger partial charge in [-0.15, -0.1) is 0 Å². The molecule has 2 aliphatic rings. The molecule has 116 valence electrons. The Kier molecular flexibility index (Phi) is 3.71. The van der Waals surface area contributed by atoms with E-state index in [1.54, 1.807) is 12.5 Å². The quantitative estimate of drug-likeness (QED) is 0.841. The molecular weight excluding hydrogens is 380 g/mol. The van der Waals surface area contributed by atoms with Crippen LogP contribution in [0.3, 0.4) is 0 Å². The molecule has 2 aromatic rings. The molecule has 0 saturated carbocycles. The monoisotopic (exact) mass is 390 g/mol. The lowest BCUT2D eigenvalue weighted by Crippen LogP contribution is -2.30. The van der Waals surface area contributed by atoms with E-state index < -0.39 is 0 Å². The number of ether oxygens (including phenoxy) is 1. The third-order valence-corrected chi connectivity index (χ3v) is 4.92. The summed E-state index contributed by atoms with van der Waals surface area (Å²) in [5.74, 6) is 1.55. The molecular formula is C16H12BrClN4O. The van der Waals surface area contributed by atoms with Crippen LogP contribution >= 0.6 is 27.5 Å². The molecule has 23 heavy (non-hydrogen) atoms. The summed E-state index contributed by atoms with van der Waals surface area (Å²) in [7, 11) is 0. The van der Waals surface area contributed by atoms with E-state index in [1.165, 1.54) is 0 Å². The molecule has 0 bridgehead atoms. The zero-order valence-electron chi connectivity index (χ0n) is 12.0. The van der Waals surface area contributed by atoms with Gasteiger partial charge in [0.15, 0.2) is 0 Å². The van der Waals surface area contributed by atoms with Crippen LogP contribution in [0.5, 0.6) is 5.75 Å². The van der Waals surface area contributed by atoms with Gasteiger partial charge in [-0.3, -0.25) is 4.98 Å². The van der Waals surface area contributed by atoms with Crippen LogP contribution in [0.2, 0.25) is 5.02 Å². The summed E-state index contributed by atoms with van der Waals surface area (Å²) in [6.07, 6.45) is 7.14. The Hall–Kier alpha value is -2.05. The van der Waals surface area contributed by atoms with Crippen molar-refractivity contribution in [2.24, 2.45) is 4.99 Å². The number of anilines is 1. The lowest BCUT2D eigenvalue weighted by atomic mass is 10.1. The Morgan fingerprint density at radius 2 is 2.35 bits per heavy atom. The first-order valence-corrected chi connectivity index (χ1v) is 8.20. The van der Waals surface area contributed by atoms with E-state index in [0.717, 1.165) is 27.1 Å². The summed E-state index contributed by atoms with van der Waals surface area (Å²) in [5.41, 5.74) is 2.80. The summed E-state index contributed by atoms with van der Waals surface area (Å²) in [6, 6.07) is 5.82. The van der Waals surface area contributed by atoms with Crippen molar-refractivity contribution in [3.8, 4) is 5.75 Å². The van der Waals surface area contributed by atoms with E-state index in [-0.39, 0.29) is 0 Å². The molecule has 1 aromatic carbocycles. The Morgan fingerprint density at radius 1 is 1.43 bits per heavy atom. The average Bonchev–Trinajstić information content (AvgIpc) is 2.74. The molecule has 0 saturated heterocycles. The van der Waals surface area contributed by atoms with Gasteiger partial charge in [-0.2, -0.15) is 0 Å². The lowest BCUT2D eigenvalue weighted by molar-refractivity contribution is 0.467. The maximum atomic E-state index is 6.42. The third kappa shape index (κ3) is 2.58. The molecule has 0 aliphatic carbocycles. The van der Waals surface area contributed by atoms with Gasteiger partial charge in [0.2, 0.25) is 0 Å². The highest BCUT2D eigenvalue weighted by atomic mass is 79.9. The number of benzene rings is 1. The van der Waals surface area contributed by atoms with Crippen LogP contribution in [0.25, 0.3) is 0 Å². The number of aromatic nitrogens is 1. The number of rotatable bonds is 2. The number of halogens is 2. The van der Waals surface area contributed by atoms with Gasteiger partial charge in [0.05, 0.1) is 22.8 Å². The second-order valence-electron chi connectivity index (χ2n) is 5.13. The minimum Gasteiger partial charge on any atom is -0.463 e. The summed E-state index contributed by atoms with van der Waals surface area (Å²) in [6.45, 7) is 1.12. The molecule has 0 atom stereocenters. The average molecular weight is 392 g/mol. The van der Waals surface area contributed by atoms with E-state index in [9.17, 15) is 0 Å². The van der Waals surface area contributed by atoms with E-state index in [4.69, 9.17) is 16.3 Å². The van der Waals surface area contributed by atoms with Crippen LogP contribution in [0, 0.1) is 0 Å². The molecule has 7 heteroatoms. The predicted molar refractivity (Wildman–Crippen MR) is 93.7 cm³/mol. The van der Waals surface area contributed by atoms with Crippen molar-refractivity contribution in [3.05, 3.63) is 63.7 Å². The van der Waals surface area contributed by atoms with Gasteiger partial charge in [-0.1, -0.05) is 17.7 Å². The summed E-state index contributed by atoms with van der Waals surface area (Å²) in [5, 5.41) is 3.85. The number of hydrogen-bond donors (Lipinski definition) is 1. The maximum Gasteiger partial charge on any atom is 0.143 e. The van der Waals surface area contributed by atoms with E-state index in [1.807, 2.05) is 35.5 Å². The van der Waals surface area contributed by atoms with Crippen molar-refractivity contribution in [2.45, 2.75) is 6.54 Å². The molecule has 1 N–H and O–H groups in total. The Labute approximate surface area is 146 Å². The summed E-state index contributed by atoms with van der Waals surface area (Å²) >= 11 is 9.89. The summed E-state index contributed by atoms with van der Waals surface area (Å²) < 4.78 is 6.54. The highest BCUT2D eigenvalue weighted by Gasteiger charge is 2.28. The van der Waals surface area contributed by atoms with Gasteiger partial charge in [0.25, 0.3) is 0 Å². The highest BCUT2D eigenvalue weighted by Crippen LogP contribution is 2.42. The van der Waals surface area contributed by atoms with Gasteiger partial charge < -0.3 is 15.0 Å². The van der Waals surface area contributed by atoms with Crippen molar-refractivity contribution < 1.29 is 4.74 Å². The number of hydrogen-bond acceptors (Lipinski definition) is 5. The highest BCUT2D eigenvalue weighted by molar-refractivity contribution is 9.10. The standard InChI is InChI=1S/C16H12BrClN4O/c17-11-6-12-13-15(14(11)18)20-9-21-16(13)22(4-5-23-12)8-10-2-1-3-19-7-10/h1-7,20H,8-9H2. The molecule has 0 spiro atoms. The first-order valence-electron chi connectivity index (χ1n) is 7.03. The van der Waals surface area contributed by atoms with Gasteiger partial charge in [0.1, 0.15) is 24.5 Å². The molecule has 0 unspecified atom stereocenters. The predicted octanol–water partition coefficient (Wildman–Crippen LogP) is 3.99. The fraction of sp³-hybridized carbons (Fsp3) is 0.125. The van der Waals surface area contributed by atoms with Crippen LogP contribution in [-0.2, 0) is 6.54 Å². The Bertz CT molecular complexity index is 823. The maximum absolute atomic E-state index is 6.42. The largest absolute Gasteiger partial charge is 0.463 e. The van der Waals surface area contributed by atoms with E-state index >= 15 is 0 Å². The van der Waals surface area contributed by atoms with Gasteiger partial charge in [-0.05, 0) is 33.6 Å². The summed E-state index contributed by atoms with van der Waals surface area (Å²) in [4.78, 5) is 10.8. The fourth-order valence-corrected chi connectivity index (χ4v) is 3.28. The SMILES string of the molecule is Clc1c(Br)cc2c3c1NCN=C3N(Cc1cccnc1)C=CO2. The normalized spacial score (nSPS) is 15.2. The first-order chi connectivity index (χ1) is 11.2. The number of amidine groups is 1. The second-order valence-corrected chi connectivity index (χ2v) is 6.36. The Morgan fingerprint density at radius 3 is 3.17 bits per heavy atom. The number of pyridine rings is 1. The van der Waals surface area contributed by atoms with Gasteiger partial charge in [0, 0.05) is 23.1 Å². The third-order valence-electron chi connectivity index (χ3n) is 3.68. The molecule has 1 aromatic heterocycles. The van der Waals surface area contributed by atoms with Crippen molar-refractivity contribution in [1.29, 1.82) is 0 Å². The fourth-order valence-electron chi connectivity index (χ4n) is 2.65. The van der Waals surface area contributed by atoms with Crippen molar-refractivity contribution >= 4 is 39.1 Å². The molecule has 3 heterocycles. The number of nitrogens with one attached hydrogen (secondary N) is 1. The molecule has 0 fully saturated rings. The number of aliphatic imine (C=N–C) groups is 1. The Balaban J connectivity index is 1.80. The van der Waals surface area contributed by atoms with Crippen LogP contribution < -0.4 is 10.1 Å². The first kappa shape index (κ1) is 14.5. The lowest BCUT2D eigenvalue weighted by Gasteiger charge is -2.27. The molecule has 0 radical (unpaired) electrons. The molecule has 2 aliphatic heterocycles. The molecule has 0 amide bonds. The van der Waals surface area contributed by atoms with Crippen LogP contribution in [0.4, 0.5) is 5.69 Å². The van der Waals surface area contributed by atoms with Gasteiger partial charge in [-0.25, -0.2) is 4.99 Å².